The highest BCUT2D eigenvalue weighted by Crippen LogP contribution is 2.24. The van der Waals surface area contributed by atoms with Crippen LogP contribution in [0.5, 0.6) is 0 Å². The molecule has 6 nitrogen and oxygen atoms in total. The largest absolute Gasteiger partial charge is 0.352 e. The molecule has 0 bridgehead atoms. The van der Waals surface area contributed by atoms with Crippen LogP contribution in [0, 0.1) is 22.9 Å². The number of benzene rings is 2. The molecular weight excluding hydrogens is 369 g/mol. The van der Waals surface area contributed by atoms with Crippen molar-refractivity contribution in [2.24, 2.45) is 0 Å². The maximum Gasteiger partial charge on any atom is 0.273 e. The fourth-order valence-electron chi connectivity index (χ4n) is 2.53. The highest BCUT2D eigenvalue weighted by molar-refractivity contribution is 7.13. The third-order valence-electron chi connectivity index (χ3n) is 3.96. The molecule has 0 saturated carbocycles. The Labute approximate surface area is 158 Å². The van der Waals surface area contributed by atoms with E-state index in [-0.39, 0.29) is 23.0 Å². The number of hydrogen-bond acceptors (Lipinski definition) is 5. The molecule has 8 heteroatoms. The van der Waals surface area contributed by atoms with Crippen LogP contribution in [0.15, 0.2) is 47.8 Å². The lowest BCUT2D eigenvalue weighted by atomic mass is 10.1. The number of thiazole rings is 1. The van der Waals surface area contributed by atoms with E-state index in [1.165, 1.54) is 29.5 Å². The molecule has 2 aromatic carbocycles. The summed E-state index contributed by atoms with van der Waals surface area (Å²) in [6, 6.07) is 10.6. The number of nitro groups is 1. The molecule has 1 aromatic heterocycles. The van der Waals surface area contributed by atoms with E-state index in [1.807, 2.05) is 5.38 Å². The summed E-state index contributed by atoms with van der Waals surface area (Å²) in [5.74, 6) is -0.692. The van der Waals surface area contributed by atoms with Crippen molar-refractivity contribution in [3.63, 3.8) is 0 Å². The van der Waals surface area contributed by atoms with Crippen LogP contribution in [0.1, 0.15) is 21.6 Å². The number of rotatable bonds is 6. The summed E-state index contributed by atoms with van der Waals surface area (Å²) < 4.78 is 13.3. The summed E-state index contributed by atoms with van der Waals surface area (Å²) >= 11 is 1.41. The summed E-state index contributed by atoms with van der Waals surface area (Å²) in [7, 11) is 0. The molecule has 0 aliphatic heterocycles. The van der Waals surface area contributed by atoms with Crippen LogP contribution in [0.25, 0.3) is 10.6 Å². The number of nitrogens with zero attached hydrogens (tertiary/aromatic N) is 2. The lowest BCUT2D eigenvalue weighted by molar-refractivity contribution is -0.385. The first-order valence-electron chi connectivity index (χ1n) is 8.17. The first-order chi connectivity index (χ1) is 12.9. The molecule has 0 atom stereocenters. The highest BCUT2D eigenvalue weighted by Gasteiger charge is 2.15. The van der Waals surface area contributed by atoms with Crippen molar-refractivity contribution >= 4 is 22.9 Å². The Morgan fingerprint density at radius 2 is 2.11 bits per heavy atom. The Bertz CT molecular complexity index is 1000. The second-order valence-corrected chi connectivity index (χ2v) is 6.78. The third kappa shape index (κ3) is 4.53. The van der Waals surface area contributed by atoms with Crippen LogP contribution in [0.3, 0.4) is 0 Å². The van der Waals surface area contributed by atoms with Gasteiger partial charge in [0.15, 0.2) is 0 Å². The first-order valence-corrected chi connectivity index (χ1v) is 9.05. The molecule has 27 heavy (non-hydrogen) atoms. The molecule has 1 N–H and O–H groups in total. The zero-order chi connectivity index (χ0) is 19.4. The first kappa shape index (κ1) is 18.7. The fraction of sp³-hybridized carbons (Fsp3) is 0.158. The molecule has 1 amide bonds. The molecule has 0 fully saturated rings. The molecule has 0 unspecified atom stereocenters. The van der Waals surface area contributed by atoms with Crippen LogP contribution in [0.2, 0.25) is 0 Å². The van der Waals surface area contributed by atoms with Gasteiger partial charge in [0.2, 0.25) is 0 Å². The Morgan fingerprint density at radius 1 is 1.30 bits per heavy atom. The van der Waals surface area contributed by atoms with Gasteiger partial charge in [-0.1, -0.05) is 18.2 Å². The standard InChI is InChI=1S/C19H16FN3O3S/c1-12-5-6-13(10-17(12)23(25)26)18(24)21-8-7-16-11-27-19(22-16)14-3-2-4-15(20)9-14/h2-6,9-11H,7-8H2,1H3,(H,21,24). The summed E-state index contributed by atoms with van der Waals surface area (Å²) in [5, 5.41) is 16.3. The molecule has 0 spiro atoms. The van der Waals surface area contributed by atoms with E-state index >= 15 is 0 Å². The lowest BCUT2D eigenvalue weighted by Gasteiger charge is -2.05. The van der Waals surface area contributed by atoms with E-state index in [2.05, 4.69) is 10.3 Å². The number of aromatic nitrogens is 1. The highest BCUT2D eigenvalue weighted by atomic mass is 32.1. The predicted molar refractivity (Wildman–Crippen MR) is 101 cm³/mol. The molecule has 3 rings (SSSR count). The van der Waals surface area contributed by atoms with E-state index < -0.39 is 4.92 Å². The summed E-state index contributed by atoms with van der Waals surface area (Å²) in [6.07, 6.45) is 0.505. The summed E-state index contributed by atoms with van der Waals surface area (Å²) in [5.41, 5.74) is 2.16. The number of carbonyl (C=O) groups is 1. The van der Waals surface area contributed by atoms with Gasteiger partial charge in [-0.25, -0.2) is 9.37 Å². The van der Waals surface area contributed by atoms with Crippen LogP contribution >= 0.6 is 11.3 Å². The van der Waals surface area contributed by atoms with Crippen molar-refractivity contribution < 1.29 is 14.1 Å². The minimum Gasteiger partial charge on any atom is -0.352 e. The average molecular weight is 385 g/mol. The third-order valence-corrected chi connectivity index (χ3v) is 4.90. The molecule has 0 saturated heterocycles. The smallest absolute Gasteiger partial charge is 0.273 e. The van der Waals surface area contributed by atoms with Crippen LogP contribution in [-0.2, 0) is 6.42 Å². The Morgan fingerprint density at radius 3 is 2.85 bits per heavy atom. The Kier molecular flexibility index (Phi) is 5.56. The minimum atomic E-state index is -0.505. The number of amides is 1. The van der Waals surface area contributed by atoms with Crippen LogP contribution < -0.4 is 5.32 Å². The van der Waals surface area contributed by atoms with Crippen molar-refractivity contribution in [2.45, 2.75) is 13.3 Å². The van der Waals surface area contributed by atoms with Crippen LogP contribution in [-0.4, -0.2) is 22.4 Å². The SMILES string of the molecule is Cc1ccc(C(=O)NCCc2csc(-c3cccc(F)c3)n2)cc1[N+](=O)[O-]. The zero-order valence-corrected chi connectivity index (χ0v) is 15.3. The van der Waals surface area contributed by atoms with Gasteiger partial charge in [-0.05, 0) is 25.1 Å². The predicted octanol–water partition coefficient (Wildman–Crippen LogP) is 4.14. The fourth-order valence-corrected chi connectivity index (χ4v) is 3.38. The van der Waals surface area contributed by atoms with Crippen molar-refractivity contribution in [2.75, 3.05) is 6.54 Å². The second kappa shape index (κ2) is 8.05. The molecule has 0 radical (unpaired) electrons. The van der Waals surface area contributed by atoms with Crippen molar-refractivity contribution in [1.82, 2.24) is 10.3 Å². The van der Waals surface area contributed by atoms with E-state index in [0.29, 0.717) is 29.1 Å². The van der Waals surface area contributed by atoms with Gasteiger partial charge in [-0.3, -0.25) is 14.9 Å². The number of aryl methyl sites for hydroxylation is 1. The van der Waals surface area contributed by atoms with Gasteiger partial charge < -0.3 is 5.32 Å². The lowest BCUT2D eigenvalue weighted by Crippen LogP contribution is -2.25. The topological polar surface area (TPSA) is 85.1 Å². The maximum atomic E-state index is 13.3. The maximum absolute atomic E-state index is 13.3. The molecular formula is C19H16FN3O3S. The van der Waals surface area contributed by atoms with Crippen molar-refractivity contribution in [1.29, 1.82) is 0 Å². The van der Waals surface area contributed by atoms with Gasteiger partial charge in [-0.15, -0.1) is 11.3 Å². The molecule has 138 valence electrons. The van der Waals surface area contributed by atoms with Crippen LogP contribution in [0.4, 0.5) is 10.1 Å². The van der Waals surface area contributed by atoms with Gasteiger partial charge in [0.05, 0.1) is 10.6 Å². The monoisotopic (exact) mass is 385 g/mol. The van der Waals surface area contributed by atoms with E-state index in [0.717, 1.165) is 5.69 Å². The molecule has 0 aliphatic rings. The average Bonchev–Trinajstić information content (AvgIpc) is 3.10. The van der Waals surface area contributed by atoms with E-state index in [4.69, 9.17) is 0 Å². The Balaban J connectivity index is 1.59. The van der Waals surface area contributed by atoms with Crippen molar-refractivity contribution in [3.8, 4) is 10.6 Å². The van der Waals surface area contributed by atoms with Gasteiger partial charge in [0.1, 0.15) is 10.8 Å². The molecule has 0 aliphatic carbocycles. The minimum absolute atomic E-state index is 0.0816. The Hall–Kier alpha value is -3.13. The second-order valence-electron chi connectivity index (χ2n) is 5.92. The number of nitrogens with one attached hydrogen (secondary N) is 1. The quantitative estimate of drug-likeness (QED) is 0.510. The van der Waals surface area contributed by atoms with Crippen molar-refractivity contribution in [3.05, 3.63) is 80.6 Å². The van der Waals surface area contributed by atoms with E-state index in [1.54, 1.807) is 31.2 Å². The van der Waals surface area contributed by atoms with Gasteiger partial charge in [0.25, 0.3) is 11.6 Å². The molecule has 3 aromatic rings. The van der Waals surface area contributed by atoms with Gasteiger partial charge in [-0.2, -0.15) is 0 Å². The normalized spacial score (nSPS) is 10.6. The molecule has 1 heterocycles. The van der Waals surface area contributed by atoms with Gasteiger partial charge in [0, 0.05) is 41.1 Å². The number of hydrogen-bond donors (Lipinski definition) is 1. The summed E-state index contributed by atoms with van der Waals surface area (Å²) in [6.45, 7) is 1.96. The number of carbonyl (C=O) groups excluding carboxylic acids is 1. The zero-order valence-electron chi connectivity index (χ0n) is 14.4. The number of halogens is 1. The number of nitro benzene ring substituents is 1. The van der Waals surface area contributed by atoms with Gasteiger partial charge >= 0.3 is 0 Å². The summed E-state index contributed by atoms with van der Waals surface area (Å²) in [4.78, 5) is 27.1. The van der Waals surface area contributed by atoms with E-state index in [9.17, 15) is 19.3 Å².